The van der Waals surface area contributed by atoms with Crippen LogP contribution in [0.1, 0.15) is 91.5 Å². The maximum absolute atomic E-state index is 13.4. The number of aromatic nitrogens is 4. The highest BCUT2D eigenvalue weighted by atomic mass is 16.6. The Hall–Kier alpha value is -4.73. The lowest BCUT2D eigenvalue weighted by Gasteiger charge is -2.41. The van der Waals surface area contributed by atoms with Crippen LogP contribution >= 0.6 is 0 Å². The highest BCUT2D eigenvalue weighted by Crippen LogP contribution is 2.40. The number of carbonyl (C=O) groups is 1. The molecule has 0 N–H and O–H groups in total. The lowest BCUT2D eigenvalue weighted by Crippen LogP contribution is -2.55. The number of aryl methyl sites for hydroxylation is 1. The molecule has 0 spiro atoms. The van der Waals surface area contributed by atoms with Crippen LogP contribution in [-0.2, 0) is 28.9 Å². The Morgan fingerprint density at radius 1 is 1.00 bits per heavy atom. The first-order valence-electron chi connectivity index (χ1n) is 19.9. The number of nitriles is 1. The lowest BCUT2D eigenvalue weighted by atomic mass is 9.86. The molecule has 8 rings (SSSR count). The number of nitrogens with zero attached hydrogens (tertiary/aromatic N) is 8. The number of hydrogen-bond acceptors (Lipinski definition) is 10. The molecule has 3 saturated heterocycles. The molecule has 1 amide bonds. The van der Waals surface area contributed by atoms with Crippen molar-refractivity contribution in [3.8, 4) is 12.1 Å². The van der Waals surface area contributed by atoms with Crippen LogP contribution in [0.25, 0.3) is 10.9 Å². The topological polar surface area (TPSA) is 122 Å². The van der Waals surface area contributed by atoms with E-state index in [4.69, 9.17) is 29.3 Å². The van der Waals surface area contributed by atoms with Gasteiger partial charge in [0.25, 0.3) is 0 Å². The minimum Gasteiger partial charge on any atom is -0.462 e. The number of ether oxygens (including phenoxy) is 3. The van der Waals surface area contributed by atoms with Crippen LogP contribution in [0.5, 0.6) is 6.01 Å². The number of piperazine rings is 1. The number of likely N-dealkylation sites (N-methyl/N-ethyl adjacent to an activating group) is 1. The summed E-state index contributed by atoms with van der Waals surface area (Å²) < 4.78 is 20.4. The zero-order chi connectivity index (χ0) is 37.0. The number of amides is 1. The van der Waals surface area contributed by atoms with E-state index in [0.29, 0.717) is 38.3 Å². The molecule has 4 atom stereocenters. The first-order chi connectivity index (χ1) is 26.5. The molecule has 3 unspecified atom stereocenters. The molecule has 12 heteroatoms. The summed E-state index contributed by atoms with van der Waals surface area (Å²) in [4.78, 5) is 30.0. The van der Waals surface area contributed by atoms with Crippen molar-refractivity contribution in [2.45, 2.75) is 102 Å². The van der Waals surface area contributed by atoms with E-state index in [0.717, 1.165) is 99.1 Å². The van der Waals surface area contributed by atoms with Gasteiger partial charge in [0, 0.05) is 43.2 Å². The van der Waals surface area contributed by atoms with Crippen molar-refractivity contribution >= 4 is 22.8 Å². The Kier molecular flexibility index (Phi) is 11.0. The Balaban J connectivity index is 1.09. The van der Waals surface area contributed by atoms with Gasteiger partial charge in [-0.1, -0.05) is 36.4 Å². The van der Waals surface area contributed by atoms with Crippen molar-refractivity contribution in [1.82, 2.24) is 29.5 Å². The standard InChI is InChI=1S/C42H52N8O4/c1-29-16-17-37-35(25-44-50(37)38-15-6-7-23-52-38)39(29)31-12-8-14-34-36(24-31)45-41(53-28-33-13-9-20-47(33)2)46-40(34)48-21-22-49(32(26-48)18-19-43)42(51)54-27-30-10-4-3-5-11-30/h3-5,10-11,16-17,25,31-33,38H,6-9,12-15,18,20-24,26-28H2,1-2H3/t31?,32-,33?,38?/m0/s1. The van der Waals surface area contributed by atoms with E-state index in [2.05, 4.69) is 46.7 Å². The number of carbonyl (C=O) groups excluding carboxylic acids is 1. The van der Waals surface area contributed by atoms with Crippen molar-refractivity contribution < 1.29 is 19.0 Å². The van der Waals surface area contributed by atoms with Crippen molar-refractivity contribution in [1.29, 1.82) is 5.26 Å². The second-order valence-electron chi connectivity index (χ2n) is 15.5. The lowest BCUT2D eigenvalue weighted by molar-refractivity contribution is -0.0366. The van der Waals surface area contributed by atoms with Gasteiger partial charge in [0.1, 0.15) is 19.0 Å². The smallest absolute Gasteiger partial charge is 0.410 e. The molecule has 2 aromatic heterocycles. The summed E-state index contributed by atoms with van der Waals surface area (Å²) in [6, 6.07) is 16.8. The van der Waals surface area contributed by atoms with Crippen LogP contribution in [0.15, 0.2) is 48.7 Å². The predicted octanol–water partition coefficient (Wildman–Crippen LogP) is 6.71. The molecule has 284 valence electrons. The van der Waals surface area contributed by atoms with Gasteiger partial charge >= 0.3 is 12.1 Å². The minimum absolute atomic E-state index is 0.0216. The Bertz CT molecular complexity index is 1970. The molecule has 3 aliphatic heterocycles. The van der Waals surface area contributed by atoms with Gasteiger partial charge in [-0.25, -0.2) is 9.48 Å². The second-order valence-corrected chi connectivity index (χ2v) is 15.5. The molecule has 0 saturated carbocycles. The van der Waals surface area contributed by atoms with Crippen molar-refractivity contribution in [3.63, 3.8) is 0 Å². The van der Waals surface area contributed by atoms with E-state index in [-0.39, 0.29) is 31.2 Å². The number of likely N-dealkylation sites (tertiary alicyclic amines) is 1. The quantitative estimate of drug-likeness (QED) is 0.172. The first-order valence-corrected chi connectivity index (χ1v) is 19.9. The Morgan fingerprint density at radius 2 is 1.89 bits per heavy atom. The second kappa shape index (κ2) is 16.3. The van der Waals surface area contributed by atoms with E-state index in [1.165, 1.54) is 16.5 Å². The molecular formula is C42H52N8O4. The van der Waals surface area contributed by atoms with Gasteiger partial charge in [0.2, 0.25) is 0 Å². The van der Waals surface area contributed by atoms with Gasteiger partial charge in [0.15, 0.2) is 6.23 Å². The molecule has 0 radical (unpaired) electrons. The number of fused-ring (bicyclic) bond motifs is 2. The molecule has 54 heavy (non-hydrogen) atoms. The van der Waals surface area contributed by atoms with Gasteiger partial charge < -0.3 is 28.9 Å². The molecule has 0 bridgehead atoms. The number of benzene rings is 2. The largest absolute Gasteiger partial charge is 0.462 e. The average Bonchev–Trinajstić information content (AvgIpc) is 3.76. The summed E-state index contributed by atoms with van der Waals surface area (Å²) in [5.74, 6) is 1.12. The maximum atomic E-state index is 13.4. The summed E-state index contributed by atoms with van der Waals surface area (Å²) in [5.41, 5.74) is 6.84. The summed E-state index contributed by atoms with van der Waals surface area (Å²) in [6.45, 7) is 6.27. The normalized spacial score (nSPS) is 23.5. The summed E-state index contributed by atoms with van der Waals surface area (Å²) in [5, 5.41) is 15.9. The highest BCUT2D eigenvalue weighted by molar-refractivity contribution is 5.84. The van der Waals surface area contributed by atoms with E-state index in [1.54, 1.807) is 4.90 Å². The van der Waals surface area contributed by atoms with Crippen molar-refractivity contribution in [3.05, 3.63) is 76.6 Å². The Labute approximate surface area is 318 Å². The van der Waals surface area contributed by atoms with Crippen LogP contribution < -0.4 is 9.64 Å². The Morgan fingerprint density at radius 3 is 2.69 bits per heavy atom. The molecule has 5 heterocycles. The fraction of sp³-hybridized carbons (Fsp3) is 0.548. The zero-order valence-electron chi connectivity index (χ0n) is 31.7. The summed E-state index contributed by atoms with van der Waals surface area (Å²) in [7, 11) is 2.15. The zero-order valence-corrected chi connectivity index (χ0v) is 31.7. The summed E-state index contributed by atoms with van der Waals surface area (Å²) in [6.07, 6.45) is 10.9. The van der Waals surface area contributed by atoms with Crippen LogP contribution in [0.4, 0.5) is 10.6 Å². The van der Waals surface area contributed by atoms with Gasteiger partial charge in [0.05, 0.1) is 35.9 Å². The molecular weight excluding hydrogens is 681 g/mol. The molecule has 4 aliphatic rings. The molecule has 12 nitrogen and oxygen atoms in total. The predicted molar refractivity (Wildman–Crippen MR) is 205 cm³/mol. The van der Waals surface area contributed by atoms with E-state index >= 15 is 0 Å². The number of anilines is 1. The summed E-state index contributed by atoms with van der Waals surface area (Å²) >= 11 is 0. The SMILES string of the molecule is Cc1ccc2c(cnn2C2CCCCO2)c1C1CCCc2c(nc(OCC3CCCN3C)nc2N2CCN(C(=O)OCc3ccccc3)[C@@H](CC#N)C2)C1. The molecule has 2 aromatic carbocycles. The van der Waals surface area contributed by atoms with E-state index in [9.17, 15) is 10.1 Å². The molecule has 3 fully saturated rings. The van der Waals surface area contributed by atoms with E-state index < -0.39 is 6.09 Å². The molecule has 4 aromatic rings. The van der Waals surface area contributed by atoms with Crippen LogP contribution in [0.3, 0.4) is 0 Å². The molecule has 1 aliphatic carbocycles. The van der Waals surface area contributed by atoms with Gasteiger partial charge in [-0.2, -0.15) is 20.3 Å². The van der Waals surface area contributed by atoms with Crippen molar-refractivity contribution in [2.75, 3.05) is 51.3 Å². The fourth-order valence-electron chi connectivity index (χ4n) is 9.02. The maximum Gasteiger partial charge on any atom is 0.410 e. The third-order valence-corrected chi connectivity index (χ3v) is 12.0. The van der Waals surface area contributed by atoms with Gasteiger partial charge in [-0.15, -0.1) is 0 Å². The monoisotopic (exact) mass is 732 g/mol. The number of rotatable bonds is 9. The van der Waals surface area contributed by atoms with Crippen molar-refractivity contribution in [2.24, 2.45) is 0 Å². The van der Waals surface area contributed by atoms with Gasteiger partial charge in [-0.05, 0) is 107 Å². The van der Waals surface area contributed by atoms with E-state index in [1.807, 2.05) is 36.5 Å². The third kappa shape index (κ3) is 7.62. The highest BCUT2D eigenvalue weighted by Gasteiger charge is 2.35. The third-order valence-electron chi connectivity index (χ3n) is 12.0. The van der Waals surface area contributed by atoms with Crippen LogP contribution in [0.2, 0.25) is 0 Å². The fourth-order valence-corrected chi connectivity index (χ4v) is 9.02. The minimum atomic E-state index is -0.393. The van der Waals surface area contributed by atoms with Crippen LogP contribution in [0, 0.1) is 18.3 Å². The van der Waals surface area contributed by atoms with Gasteiger partial charge in [-0.3, -0.25) is 0 Å². The average molecular weight is 733 g/mol. The van der Waals surface area contributed by atoms with Crippen LogP contribution in [-0.4, -0.2) is 94.2 Å². The first kappa shape index (κ1) is 36.3. The number of hydrogen-bond donors (Lipinski definition) is 0.